The van der Waals surface area contributed by atoms with Crippen LogP contribution in [0.5, 0.6) is 0 Å². The van der Waals surface area contributed by atoms with Crippen LogP contribution in [0.3, 0.4) is 0 Å². The summed E-state index contributed by atoms with van der Waals surface area (Å²) in [6.45, 7) is 0. The Morgan fingerprint density at radius 1 is 1.50 bits per heavy atom. The molecule has 0 spiro atoms. The van der Waals surface area contributed by atoms with E-state index in [1.807, 2.05) is 0 Å². The van der Waals surface area contributed by atoms with E-state index in [1.54, 1.807) is 0 Å². The van der Waals surface area contributed by atoms with Crippen LogP contribution in [0.1, 0.15) is 0 Å². The first-order valence-electron chi connectivity index (χ1n) is 3.46. The summed E-state index contributed by atoms with van der Waals surface area (Å²) >= 11 is 5.92. The van der Waals surface area contributed by atoms with Crippen LogP contribution in [0.2, 0.25) is 5.02 Å². The first kappa shape index (κ1) is 11.2. The maximum Gasteiger partial charge on any atom is 0.289 e. The van der Waals surface area contributed by atoms with Crippen molar-refractivity contribution in [2.24, 2.45) is 4.99 Å². The average Bonchev–Trinajstić information content (AvgIpc) is 2.11. The molecular formula is C8H4ClF2NOS. The molecule has 0 aliphatic carbocycles. The van der Waals surface area contributed by atoms with Crippen LogP contribution < -0.4 is 0 Å². The predicted octanol–water partition coefficient (Wildman–Crippen LogP) is 3.62. The molecule has 0 aliphatic rings. The van der Waals surface area contributed by atoms with Crippen LogP contribution in [-0.2, 0) is 4.79 Å². The van der Waals surface area contributed by atoms with Crippen molar-refractivity contribution in [3.63, 3.8) is 0 Å². The van der Waals surface area contributed by atoms with Gasteiger partial charge < -0.3 is 0 Å². The summed E-state index contributed by atoms with van der Waals surface area (Å²) in [5.74, 6) is -2.60. The van der Waals surface area contributed by atoms with Crippen LogP contribution in [0.4, 0.5) is 14.5 Å². The Hall–Kier alpha value is -0.900. The summed E-state index contributed by atoms with van der Waals surface area (Å²) in [5, 5.41) is 0.145. The van der Waals surface area contributed by atoms with E-state index in [-0.39, 0.29) is 27.4 Å². The molecule has 2 nitrogen and oxygen atoms in total. The summed E-state index contributed by atoms with van der Waals surface area (Å²) in [7, 11) is 0. The predicted molar refractivity (Wildman–Crippen MR) is 51.1 cm³/mol. The Morgan fingerprint density at radius 2 is 2.21 bits per heavy atom. The molecule has 1 rings (SSSR count). The van der Waals surface area contributed by atoms with Crippen LogP contribution >= 0.6 is 23.4 Å². The maximum atomic E-state index is 12.1. The van der Waals surface area contributed by atoms with Crippen LogP contribution in [-0.4, -0.2) is 11.8 Å². The van der Waals surface area contributed by atoms with Gasteiger partial charge in [-0.15, -0.1) is 0 Å². The second-order valence-corrected chi connectivity index (χ2v) is 3.58. The van der Waals surface area contributed by atoms with Crippen molar-refractivity contribution < 1.29 is 13.6 Å². The molecule has 6 heteroatoms. The lowest BCUT2D eigenvalue weighted by atomic mass is 10.3. The normalized spacial score (nSPS) is 10.0. The smallest absolute Gasteiger partial charge is 0.211 e. The summed E-state index contributed by atoms with van der Waals surface area (Å²) in [4.78, 5) is 13.4. The molecule has 14 heavy (non-hydrogen) atoms. The van der Waals surface area contributed by atoms with Crippen LogP contribution in [0, 0.1) is 0 Å². The molecule has 0 aromatic heterocycles. The fourth-order valence-corrected chi connectivity index (χ4v) is 1.74. The van der Waals surface area contributed by atoms with E-state index in [0.29, 0.717) is 0 Å². The van der Waals surface area contributed by atoms with Gasteiger partial charge in [-0.1, -0.05) is 29.4 Å². The van der Waals surface area contributed by atoms with Crippen LogP contribution in [0.25, 0.3) is 0 Å². The molecule has 0 N–H and O–H groups in total. The zero-order chi connectivity index (χ0) is 10.6. The molecule has 0 unspecified atom stereocenters. The average molecular weight is 236 g/mol. The Morgan fingerprint density at radius 3 is 2.79 bits per heavy atom. The van der Waals surface area contributed by atoms with Crippen molar-refractivity contribution in [2.75, 3.05) is 0 Å². The lowest BCUT2D eigenvalue weighted by Crippen LogP contribution is -1.83. The highest BCUT2D eigenvalue weighted by atomic mass is 35.5. The van der Waals surface area contributed by atoms with Crippen molar-refractivity contribution in [3.8, 4) is 0 Å². The van der Waals surface area contributed by atoms with Crippen molar-refractivity contribution >= 4 is 35.1 Å². The first-order chi connectivity index (χ1) is 6.65. The van der Waals surface area contributed by atoms with Gasteiger partial charge >= 0.3 is 0 Å². The van der Waals surface area contributed by atoms with E-state index in [4.69, 9.17) is 11.6 Å². The molecule has 0 bridgehead atoms. The SMILES string of the molecule is O=C=Nc1cccc(Cl)c1SC(F)F. The van der Waals surface area contributed by atoms with Crippen molar-refractivity contribution in [2.45, 2.75) is 10.7 Å². The van der Waals surface area contributed by atoms with Gasteiger partial charge in [0.15, 0.2) is 0 Å². The Bertz CT molecular complexity index is 380. The molecule has 0 atom stereocenters. The van der Waals surface area contributed by atoms with E-state index in [9.17, 15) is 13.6 Å². The number of benzene rings is 1. The fraction of sp³-hybridized carbons (Fsp3) is 0.125. The highest BCUT2D eigenvalue weighted by Crippen LogP contribution is 2.38. The van der Waals surface area contributed by atoms with Gasteiger partial charge in [0.05, 0.1) is 15.6 Å². The zero-order valence-corrected chi connectivity index (χ0v) is 8.28. The van der Waals surface area contributed by atoms with Crippen molar-refractivity contribution in [3.05, 3.63) is 23.2 Å². The molecule has 0 amide bonds. The van der Waals surface area contributed by atoms with E-state index in [2.05, 4.69) is 4.99 Å². The minimum absolute atomic E-state index is 0.0903. The zero-order valence-electron chi connectivity index (χ0n) is 6.71. The summed E-state index contributed by atoms with van der Waals surface area (Å²) < 4.78 is 24.2. The van der Waals surface area contributed by atoms with E-state index in [0.717, 1.165) is 0 Å². The second-order valence-electron chi connectivity index (χ2n) is 2.17. The monoisotopic (exact) mass is 235 g/mol. The lowest BCUT2D eigenvalue weighted by Gasteiger charge is -2.04. The lowest BCUT2D eigenvalue weighted by molar-refractivity contribution is 0.252. The highest BCUT2D eigenvalue weighted by molar-refractivity contribution is 7.99. The van der Waals surface area contributed by atoms with Gasteiger partial charge in [0, 0.05) is 0 Å². The summed E-state index contributed by atoms with van der Waals surface area (Å²) in [6, 6.07) is 4.39. The van der Waals surface area contributed by atoms with E-state index >= 15 is 0 Å². The topological polar surface area (TPSA) is 29.4 Å². The molecule has 0 fully saturated rings. The number of nitrogens with zero attached hydrogens (tertiary/aromatic N) is 1. The third-order valence-corrected chi connectivity index (χ3v) is 2.59. The van der Waals surface area contributed by atoms with E-state index in [1.165, 1.54) is 24.3 Å². The number of isocyanates is 1. The Balaban J connectivity index is 3.14. The molecule has 74 valence electrons. The van der Waals surface area contributed by atoms with Crippen molar-refractivity contribution in [1.29, 1.82) is 0 Å². The molecule has 0 saturated heterocycles. The molecular weight excluding hydrogens is 232 g/mol. The maximum absolute atomic E-state index is 12.1. The summed E-state index contributed by atoms with van der Waals surface area (Å²) in [5.41, 5.74) is 0.109. The molecule has 1 aromatic carbocycles. The first-order valence-corrected chi connectivity index (χ1v) is 4.72. The number of rotatable bonds is 3. The second kappa shape index (κ2) is 5.10. The largest absolute Gasteiger partial charge is 0.289 e. The standard InChI is InChI=1S/C8H4ClF2NOS/c9-5-2-1-3-6(12-4-13)7(5)14-8(10)11/h1-3,8H. The number of hydrogen-bond donors (Lipinski definition) is 0. The quantitative estimate of drug-likeness (QED) is 0.455. The van der Waals surface area contributed by atoms with Gasteiger partial charge in [-0.2, -0.15) is 13.8 Å². The molecule has 0 heterocycles. The summed E-state index contributed by atoms with van der Waals surface area (Å²) in [6.07, 6.45) is 1.28. The minimum Gasteiger partial charge on any atom is -0.211 e. The molecule has 0 aliphatic heterocycles. The van der Waals surface area contributed by atoms with Gasteiger partial charge in [0.2, 0.25) is 6.08 Å². The van der Waals surface area contributed by atoms with Gasteiger partial charge in [-0.3, -0.25) is 0 Å². The van der Waals surface area contributed by atoms with Crippen molar-refractivity contribution in [1.82, 2.24) is 0 Å². The van der Waals surface area contributed by atoms with Gasteiger partial charge in [-0.25, -0.2) is 4.79 Å². The molecule has 1 aromatic rings. The Labute approximate surface area is 88.0 Å². The highest BCUT2D eigenvalue weighted by Gasteiger charge is 2.13. The fourth-order valence-electron chi connectivity index (χ4n) is 0.840. The third-order valence-electron chi connectivity index (χ3n) is 1.32. The number of carbonyl (C=O) groups excluding carboxylic acids is 1. The van der Waals surface area contributed by atoms with Gasteiger partial charge in [0.1, 0.15) is 0 Å². The number of alkyl halides is 2. The van der Waals surface area contributed by atoms with E-state index < -0.39 is 5.76 Å². The number of halogens is 3. The number of aliphatic imine (C=N–C) groups is 1. The number of hydrogen-bond acceptors (Lipinski definition) is 3. The van der Waals surface area contributed by atoms with Crippen LogP contribution in [0.15, 0.2) is 28.1 Å². The number of thioether (sulfide) groups is 1. The Kier molecular flexibility index (Phi) is 4.07. The molecule has 0 saturated carbocycles. The minimum atomic E-state index is -2.60. The van der Waals surface area contributed by atoms with Gasteiger partial charge in [-0.05, 0) is 12.1 Å². The third kappa shape index (κ3) is 2.80. The van der Waals surface area contributed by atoms with Gasteiger partial charge in [0.25, 0.3) is 5.76 Å². The molecule has 0 radical (unpaired) electrons.